The number of aromatic nitrogens is 1. The van der Waals surface area contributed by atoms with E-state index in [0.29, 0.717) is 6.04 Å². The average molecular weight is 235 g/mol. The lowest BCUT2D eigenvalue weighted by molar-refractivity contribution is 0.0923. The number of amides is 1. The molecule has 1 saturated carbocycles. The molecule has 0 spiro atoms. The van der Waals surface area contributed by atoms with Crippen molar-refractivity contribution < 1.29 is 4.79 Å². The molecule has 2 unspecified atom stereocenters. The minimum atomic E-state index is -0.00829. The smallest absolute Gasteiger partial charge is 0.268 e. The number of carbonyl (C=O) groups is 1. The molecule has 0 radical (unpaired) electrons. The number of hydrogen-bond acceptors (Lipinski definition) is 2. The van der Waals surface area contributed by atoms with Crippen LogP contribution >= 0.6 is 0 Å². The largest absolute Gasteiger partial charge is 0.346 e. The third kappa shape index (κ3) is 2.52. The van der Waals surface area contributed by atoms with E-state index in [9.17, 15) is 4.79 Å². The fourth-order valence-corrected chi connectivity index (χ4v) is 2.45. The fraction of sp³-hybridized carbons (Fsp3) is 0.615. The van der Waals surface area contributed by atoms with Gasteiger partial charge in [-0.3, -0.25) is 4.79 Å². The Balaban J connectivity index is 2.06. The fourth-order valence-electron chi connectivity index (χ4n) is 2.45. The number of rotatable bonds is 3. The van der Waals surface area contributed by atoms with Gasteiger partial charge in [0.2, 0.25) is 0 Å². The van der Waals surface area contributed by atoms with Crippen LogP contribution in [0.1, 0.15) is 49.6 Å². The van der Waals surface area contributed by atoms with E-state index >= 15 is 0 Å². The van der Waals surface area contributed by atoms with Crippen molar-refractivity contribution in [3.8, 4) is 0 Å². The second kappa shape index (κ2) is 4.92. The van der Waals surface area contributed by atoms with Crippen LogP contribution < -0.4 is 11.1 Å². The summed E-state index contributed by atoms with van der Waals surface area (Å²) < 4.78 is 1.98. The van der Waals surface area contributed by atoms with Gasteiger partial charge in [0.15, 0.2) is 0 Å². The first-order valence-corrected chi connectivity index (χ1v) is 6.33. The zero-order valence-electron chi connectivity index (χ0n) is 10.5. The highest BCUT2D eigenvalue weighted by atomic mass is 16.2. The van der Waals surface area contributed by atoms with Crippen molar-refractivity contribution in [2.75, 3.05) is 0 Å². The van der Waals surface area contributed by atoms with E-state index in [-0.39, 0.29) is 18.0 Å². The van der Waals surface area contributed by atoms with Gasteiger partial charge < -0.3 is 15.6 Å². The minimum Gasteiger partial charge on any atom is -0.346 e. The van der Waals surface area contributed by atoms with Crippen LogP contribution in [0.15, 0.2) is 18.3 Å². The van der Waals surface area contributed by atoms with Crippen molar-refractivity contribution in [3.05, 3.63) is 24.0 Å². The van der Waals surface area contributed by atoms with Crippen molar-refractivity contribution in [1.29, 1.82) is 0 Å². The molecule has 17 heavy (non-hydrogen) atoms. The summed E-state index contributed by atoms with van der Waals surface area (Å²) in [6.07, 6.45) is 5.05. The Kier molecular flexibility index (Phi) is 3.52. The Labute approximate surface area is 102 Å². The molecule has 1 heterocycles. The Bertz CT molecular complexity index is 397. The minimum absolute atomic E-state index is 0.00829. The van der Waals surface area contributed by atoms with Crippen LogP contribution in [-0.2, 0) is 0 Å². The standard InChI is InChI=1S/C13H21N3O/c1-9(2)16-8-4-7-12(16)13(17)15-11-6-3-5-10(11)14/h4,7-11H,3,5-6,14H2,1-2H3,(H,15,17). The van der Waals surface area contributed by atoms with Crippen molar-refractivity contribution in [1.82, 2.24) is 9.88 Å². The SMILES string of the molecule is CC(C)n1cccc1C(=O)NC1CCCC1N. The molecule has 1 amide bonds. The van der Waals surface area contributed by atoms with E-state index in [0.717, 1.165) is 25.0 Å². The molecule has 2 atom stereocenters. The summed E-state index contributed by atoms with van der Waals surface area (Å²) in [5.74, 6) is -0.00829. The highest BCUT2D eigenvalue weighted by Crippen LogP contribution is 2.18. The molecule has 1 aromatic rings. The predicted octanol–water partition coefficient (Wildman–Crippen LogP) is 1.68. The van der Waals surface area contributed by atoms with E-state index in [4.69, 9.17) is 5.73 Å². The van der Waals surface area contributed by atoms with Gasteiger partial charge in [-0.2, -0.15) is 0 Å². The van der Waals surface area contributed by atoms with Gasteiger partial charge in [0, 0.05) is 24.3 Å². The maximum Gasteiger partial charge on any atom is 0.268 e. The summed E-state index contributed by atoms with van der Waals surface area (Å²) in [6, 6.07) is 4.31. The maximum atomic E-state index is 12.1. The molecule has 4 nitrogen and oxygen atoms in total. The topological polar surface area (TPSA) is 60.0 Å². The normalized spacial score (nSPS) is 24.2. The average Bonchev–Trinajstić information content (AvgIpc) is 2.87. The van der Waals surface area contributed by atoms with Crippen molar-refractivity contribution in [2.45, 2.75) is 51.2 Å². The molecular weight excluding hydrogens is 214 g/mol. The van der Waals surface area contributed by atoms with Crippen LogP contribution in [0.2, 0.25) is 0 Å². The first kappa shape index (κ1) is 12.2. The summed E-state index contributed by atoms with van der Waals surface area (Å²) in [4.78, 5) is 12.1. The van der Waals surface area contributed by atoms with Crippen LogP contribution in [0.3, 0.4) is 0 Å². The zero-order chi connectivity index (χ0) is 12.4. The van der Waals surface area contributed by atoms with E-state index in [1.54, 1.807) is 0 Å². The summed E-state index contributed by atoms with van der Waals surface area (Å²) in [5, 5.41) is 3.04. The molecule has 1 fully saturated rings. The van der Waals surface area contributed by atoms with Crippen molar-refractivity contribution in [2.24, 2.45) is 5.73 Å². The van der Waals surface area contributed by atoms with E-state index in [1.807, 2.05) is 22.9 Å². The van der Waals surface area contributed by atoms with Crippen LogP contribution in [0.4, 0.5) is 0 Å². The Morgan fingerprint density at radius 1 is 1.53 bits per heavy atom. The highest BCUT2D eigenvalue weighted by Gasteiger charge is 2.26. The number of nitrogens with zero attached hydrogens (tertiary/aromatic N) is 1. The van der Waals surface area contributed by atoms with Crippen LogP contribution in [-0.4, -0.2) is 22.6 Å². The Morgan fingerprint density at radius 2 is 2.29 bits per heavy atom. The number of nitrogens with two attached hydrogens (primary N) is 1. The second-order valence-corrected chi connectivity index (χ2v) is 5.07. The monoisotopic (exact) mass is 235 g/mol. The molecule has 2 rings (SSSR count). The number of hydrogen-bond donors (Lipinski definition) is 2. The number of nitrogens with one attached hydrogen (secondary N) is 1. The van der Waals surface area contributed by atoms with E-state index in [1.165, 1.54) is 0 Å². The predicted molar refractivity (Wildman–Crippen MR) is 67.9 cm³/mol. The molecule has 94 valence electrons. The molecule has 1 aliphatic carbocycles. The zero-order valence-corrected chi connectivity index (χ0v) is 10.5. The van der Waals surface area contributed by atoms with Crippen LogP contribution in [0, 0.1) is 0 Å². The molecular formula is C13H21N3O. The third-order valence-corrected chi connectivity index (χ3v) is 3.45. The molecule has 0 aliphatic heterocycles. The summed E-state index contributed by atoms with van der Waals surface area (Å²) in [5.41, 5.74) is 6.68. The van der Waals surface area contributed by atoms with Gasteiger partial charge in [-0.15, -0.1) is 0 Å². The third-order valence-electron chi connectivity index (χ3n) is 3.45. The Hall–Kier alpha value is -1.29. The summed E-state index contributed by atoms with van der Waals surface area (Å²) in [7, 11) is 0. The van der Waals surface area contributed by atoms with Gasteiger partial charge in [-0.1, -0.05) is 0 Å². The lowest BCUT2D eigenvalue weighted by Crippen LogP contribution is -2.44. The molecule has 1 aliphatic rings. The lowest BCUT2D eigenvalue weighted by atomic mass is 10.2. The van der Waals surface area contributed by atoms with Gasteiger partial charge in [-0.05, 0) is 45.2 Å². The lowest BCUT2D eigenvalue weighted by Gasteiger charge is -2.19. The second-order valence-electron chi connectivity index (χ2n) is 5.07. The molecule has 0 aromatic carbocycles. The maximum absolute atomic E-state index is 12.1. The van der Waals surface area contributed by atoms with Crippen LogP contribution in [0.5, 0.6) is 0 Å². The summed E-state index contributed by atoms with van der Waals surface area (Å²) >= 11 is 0. The van der Waals surface area contributed by atoms with E-state index in [2.05, 4.69) is 19.2 Å². The van der Waals surface area contributed by atoms with Crippen LogP contribution in [0.25, 0.3) is 0 Å². The van der Waals surface area contributed by atoms with Gasteiger partial charge in [-0.25, -0.2) is 0 Å². The van der Waals surface area contributed by atoms with Gasteiger partial charge >= 0.3 is 0 Å². The first-order valence-electron chi connectivity index (χ1n) is 6.33. The van der Waals surface area contributed by atoms with Gasteiger partial charge in [0.1, 0.15) is 5.69 Å². The molecule has 4 heteroatoms. The van der Waals surface area contributed by atoms with Crippen molar-refractivity contribution >= 4 is 5.91 Å². The highest BCUT2D eigenvalue weighted by molar-refractivity contribution is 5.93. The Morgan fingerprint density at radius 3 is 2.88 bits per heavy atom. The summed E-state index contributed by atoms with van der Waals surface area (Å²) in [6.45, 7) is 4.14. The quantitative estimate of drug-likeness (QED) is 0.837. The molecule has 0 saturated heterocycles. The molecule has 3 N–H and O–H groups in total. The molecule has 1 aromatic heterocycles. The van der Waals surface area contributed by atoms with E-state index < -0.39 is 0 Å². The molecule has 0 bridgehead atoms. The van der Waals surface area contributed by atoms with Gasteiger partial charge in [0.25, 0.3) is 5.91 Å². The van der Waals surface area contributed by atoms with Gasteiger partial charge in [0.05, 0.1) is 0 Å². The van der Waals surface area contributed by atoms with Crippen molar-refractivity contribution in [3.63, 3.8) is 0 Å². The first-order chi connectivity index (χ1) is 8.09. The number of carbonyl (C=O) groups excluding carboxylic acids is 1.